The summed E-state index contributed by atoms with van der Waals surface area (Å²) >= 11 is 0. The molecular formula is C10H15N5O2. The van der Waals surface area contributed by atoms with Gasteiger partial charge in [-0.1, -0.05) is 0 Å². The Hall–Kier alpha value is -1.76. The molecule has 1 aliphatic rings. The molecule has 0 saturated carbocycles. The lowest BCUT2D eigenvalue weighted by atomic mass is 10.2. The molecule has 1 N–H and O–H groups in total. The number of aryl methyl sites for hydroxylation is 1. The molecule has 1 aromatic heterocycles. The minimum atomic E-state index is -0.459. The van der Waals surface area contributed by atoms with Gasteiger partial charge in [-0.25, -0.2) is 0 Å². The summed E-state index contributed by atoms with van der Waals surface area (Å²) in [5.74, 6) is 0.390. The van der Waals surface area contributed by atoms with Gasteiger partial charge in [0.2, 0.25) is 11.8 Å². The maximum atomic E-state index is 11.7. The maximum Gasteiger partial charge on any atom is 0.246 e. The Labute approximate surface area is 98.8 Å². The quantitative estimate of drug-likeness (QED) is 0.698. The van der Waals surface area contributed by atoms with Crippen molar-refractivity contribution in [2.75, 3.05) is 7.05 Å². The number of carbonyl (C=O) groups is 2. The lowest BCUT2D eigenvalue weighted by Gasteiger charge is -2.16. The van der Waals surface area contributed by atoms with Crippen molar-refractivity contribution in [2.45, 2.75) is 25.4 Å². The van der Waals surface area contributed by atoms with Gasteiger partial charge in [-0.3, -0.25) is 19.8 Å². The zero-order chi connectivity index (χ0) is 12.6. The molecular weight excluding hydrogens is 222 g/mol. The number of hydrogen-bond acceptors (Lipinski definition) is 5. The monoisotopic (exact) mass is 237 g/mol. The lowest BCUT2D eigenvalue weighted by Crippen LogP contribution is -2.39. The van der Waals surface area contributed by atoms with Gasteiger partial charge < -0.3 is 4.57 Å². The largest absolute Gasteiger partial charge is 0.319 e. The molecule has 0 bridgehead atoms. The number of imide groups is 1. The van der Waals surface area contributed by atoms with E-state index in [4.69, 9.17) is 0 Å². The highest BCUT2D eigenvalue weighted by Crippen LogP contribution is 2.15. The molecule has 2 rings (SSSR count). The molecule has 2 unspecified atom stereocenters. The topological polar surface area (TPSA) is 80.1 Å². The Bertz CT molecular complexity index is 455. The average molecular weight is 237 g/mol. The van der Waals surface area contributed by atoms with Crippen LogP contribution < -0.4 is 5.32 Å². The van der Waals surface area contributed by atoms with Crippen LogP contribution in [0, 0.1) is 0 Å². The molecule has 0 spiro atoms. The maximum absolute atomic E-state index is 11.7. The Morgan fingerprint density at radius 3 is 2.65 bits per heavy atom. The molecule has 1 aliphatic heterocycles. The molecule has 7 nitrogen and oxygen atoms in total. The molecule has 0 radical (unpaired) electrons. The SMILES string of the molecule is CC(NC1CC(=O)N(C)C1=O)c1nncn1C. The van der Waals surface area contributed by atoms with Crippen molar-refractivity contribution in [2.24, 2.45) is 7.05 Å². The van der Waals surface area contributed by atoms with E-state index in [1.807, 2.05) is 14.0 Å². The van der Waals surface area contributed by atoms with E-state index in [0.29, 0.717) is 0 Å². The van der Waals surface area contributed by atoms with E-state index >= 15 is 0 Å². The lowest BCUT2D eigenvalue weighted by molar-refractivity contribution is -0.137. The van der Waals surface area contributed by atoms with Crippen LogP contribution in [-0.4, -0.2) is 44.6 Å². The number of nitrogens with zero attached hydrogens (tertiary/aromatic N) is 4. The van der Waals surface area contributed by atoms with Gasteiger partial charge in [-0.2, -0.15) is 0 Å². The first kappa shape index (κ1) is 11.7. The van der Waals surface area contributed by atoms with Crippen molar-refractivity contribution in [1.82, 2.24) is 25.0 Å². The van der Waals surface area contributed by atoms with E-state index in [1.165, 1.54) is 7.05 Å². The molecule has 2 amide bonds. The highest BCUT2D eigenvalue weighted by atomic mass is 16.2. The molecule has 17 heavy (non-hydrogen) atoms. The minimum Gasteiger partial charge on any atom is -0.319 e. The van der Waals surface area contributed by atoms with E-state index in [2.05, 4.69) is 15.5 Å². The zero-order valence-electron chi connectivity index (χ0n) is 10.0. The van der Waals surface area contributed by atoms with E-state index in [9.17, 15) is 9.59 Å². The van der Waals surface area contributed by atoms with Crippen LogP contribution in [0.1, 0.15) is 25.2 Å². The van der Waals surface area contributed by atoms with Crippen molar-refractivity contribution in [3.05, 3.63) is 12.2 Å². The van der Waals surface area contributed by atoms with Gasteiger partial charge >= 0.3 is 0 Å². The number of amides is 2. The van der Waals surface area contributed by atoms with E-state index in [0.717, 1.165) is 10.7 Å². The van der Waals surface area contributed by atoms with Gasteiger partial charge in [0.15, 0.2) is 0 Å². The molecule has 1 aromatic rings. The summed E-state index contributed by atoms with van der Waals surface area (Å²) in [6.07, 6.45) is 1.80. The molecule has 0 aromatic carbocycles. The van der Waals surface area contributed by atoms with Gasteiger partial charge in [0.1, 0.15) is 12.2 Å². The van der Waals surface area contributed by atoms with Crippen LogP contribution in [0.3, 0.4) is 0 Å². The second-order valence-corrected chi connectivity index (χ2v) is 4.24. The molecule has 7 heteroatoms. The number of rotatable bonds is 3. The molecule has 2 heterocycles. The fourth-order valence-corrected chi connectivity index (χ4v) is 1.95. The smallest absolute Gasteiger partial charge is 0.246 e. The van der Waals surface area contributed by atoms with Gasteiger partial charge in [0, 0.05) is 14.1 Å². The van der Waals surface area contributed by atoms with Crippen molar-refractivity contribution in [3.8, 4) is 0 Å². The van der Waals surface area contributed by atoms with E-state index in [1.54, 1.807) is 10.9 Å². The van der Waals surface area contributed by atoms with Crippen LogP contribution >= 0.6 is 0 Å². The van der Waals surface area contributed by atoms with Crippen LogP contribution in [0.15, 0.2) is 6.33 Å². The Balaban J connectivity index is 2.05. The normalized spacial score (nSPS) is 22.3. The third-order valence-electron chi connectivity index (χ3n) is 2.97. The predicted molar refractivity (Wildman–Crippen MR) is 58.7 cm³/mol. The molecule has 92 valence electrons. The number of hydrogen-bond donors (Lipinski definition) is 1. The molecule has 1 saturated heterocycles. The van der Waals surface area contributed by atoms with Crippen LogP contribution in [0.2, 0.25) is 0 Å². The highest BCUT2D eigenvalue weighted by Gasteiger charge is 2.37. The van der Waals surface area contributed by atoms with E-state index in [-0.39, 0.29) is 24.3 Å². The van der Waals surface area contributed by atoms with Crippen molar-refractivity contribution < 1.29 is 9.59 Å². The van der Waals surface area contributed by atoms with E-state index < -0.39 is 6.04 Å². The first-order valence-electron chi connectivity index (χ1n) is 5.41. The molecule has 1 fully saturated rings. The summed E-state index contributed by atoms with van der Waals surface area (Å²) in [5, 5.41) is 10.8. The summed E-state index contributed by atoms with van der Waals surface area (Å²) in [7, 11) is 3.33. The van der Waals surface area contributed by atoms with Gasteiger partial charge in [-0.05, 0) is 6.92 Å². The van der Waals surface area contributed by atoms with Crippen molar-refractivity contribution >= 4 is 11.8 Å². The number of carbonyl (C=O) groups excluding carboxylic acids is 2. The van der Waals surface area contributed by atoms with Crippen LogP contribution in [0.5, 0.6) is 0 Å². The fourth-order valence-electron chi connectivity index (χ4n) is 1.95. The molecule has 0 aliphatic carbocycles. The van der Waals surface area contributed by atoms with Crippen molar-refractivity contribution in [1.29, 1.82) is 0 Å². The summed E-state index contributed by atoms with van der Waals surface area (Å²) in [5.41, 5.74) is 0. The fraction of sp³-hybridized carbons (Fsp3) is 0.600. The third kappa shape index (κ3) is 2.05. The average Bonchev–Trinajstić information content (AvgIpc) is 2.80. The standard InChI is InChI=1S/C10H15N5O2/c1-6(9-13-11-5-14(9)2)12-7-4-8(16)15(3)10(7)17/h5-7,12H,4H2,1-3H3. The Morgan fingerprint density at radius 2 is 2.18 bits per heavy atom. The van der Waals surface area contributed by atoms with Gasteiger partial charge in [0.25, 0.3) is 0 Å². The summed E-state index contributed by atoms with van der Waals surface area (Å²) in [6, 6.07) is -0.588. The van der Waals surface area contributed by atoms with Crippen LogP contribution in [0.4, 0.5) is 0 Å². The minimum absolute atomic E-state index is 0.129. The number of nitrogens with one attached hydrogen (secondary N) is 1. The highest BCUT2D eigenvalue weighted by molar-refractivity contribution is 6.05. The number of likely N-dealkylation sites (tertiary alicyclic amines) is 1. The summed E-state index contributed by atoms with van der Waals surface area (Å²) < 4.78 is 1.78. The second-order valence-electron chi connectivity index (χ2n) is 4.24. The predicted octanol–water partition coefficient (Wildman–Crippen LogP) is -0.777. The van der Waals surface area contributed by atoms with Crippen LogP contribution in [0.25, 0.3) is 0 Å². The first-order chi connectivity index (χ1) is 8.00. The number of likely N-dealkylation sites (N-methyl/N-ethyl adjacent to an activating group) is 1. The van der Waals surface area contributed by atoms with Crippen molar-refractivity contribution in [3.63, 3.8) is 0 Å². The summed E-state index contributed by atoms with van der Waals surface area (Å²) in [6.45, 7) is 1.89. The Kier molecular flexibility index (Phi) is 2.93. The third-order valence-corrected chi connectivity index (χ3v) is 2.97. The Morgan fingerprint density at radius 1 is 1.47 bits per heavy atom. The van der Waals surface area contributed by atoms with Gasteiger partial charge in [0.05, 0.1) is 18.5 Å². The van der Waals surface area contributed by atoms with Gasteiger partial charge in [-0.15, -0.1) is 10.2 Å². The van der Waals surface area contributed by atoms with Crippen LogP contribution in [-0.2, 0) is 16.6 Å². The first-order valence-corrected chi connectivity index (χ1v) is 5.41. The number of aromatic nitrogens is 3. The second kappa shape index (κ2) is 4.25. The molecule has 2 atom stereocenters. The summed E-state index contributed by atoms with van der Waals surface area (Å²) in [4.78, 5) is 24.2. The zero-order valence-corrected chi connectivity index (χ0v) is 10.0.